The van der Waals surface area contributed by atoms with E-state index in [-0.39, 0.29) is 17.7 Å². The van der Waals surface area contributed by atoms with Crippen molar-refractivity contribution in [3.63, 3.8) is 0 Å². The standard InChI is InChI=1S/C20H22N2O3/c1-14-18(7-8-25-14)20(24)22-11-16-9-19(23)21(12-17(16)13-22)10-15-5-3-2-4-6-15/h2-8,16-17H,9-13H2,1H3/t16-,17+/m0/s1. The van der Waals surface area contributed by atoms with Crippen molar-refractivity contribution in [3.8, 4) is 0 Å². The number of hydrogen-bond acceptors (Lipinski definition) is 3. The average molecular weight is 338 g/mol. The summed E-state index contributed by atoms with van der Waals surface area (Å²) in [6.45, 7) is 4.57. The second-order valence-electron chi connectivity index (χ2n) is 7.08. The van der Waals surface area contributed by atoms with Crippen molar-refractivity contribution in [1.82, 2.24) is 9.80 Å². The molecular formula is C20H22N2O3. The van der Waals surface area contributed by atoms with Crippen LogP contribution in [0, 0.1) is 18.8 Å². The Morgan fingerprint density at radius 3 is 2.60 bits per heavy atom. The third-order valence-corrected chi connectivity index (χ3v) is 5.41. The van der Waals surface area contributed by atoms with Gasteiger partial charge in [-0.25, -0.2) is 0 Å². The van der Waals surface area contributed by atoms with Crippen molar-refractivity contribution in [2.75, 3.05) is 19.6 Å². The molecule has 0 radical (unpaired) electrons. The van der Waals surface area contributed by atoms with Crippen LogP contribution in [-0.2, 0) is 11.3 Å². The molecule has 1 aromatic heterocycles. The summed E-state index contributed by atoms with van der Waals surface area (Å²) in [5, 5.41) is 0. The summed E-state index contributed by atoms with van der Waals surface area (Å²) in [4.78, 5) is 29.0. The quantitative estimate of drug-likeness (QED) is 0.865. The Balaban J connectivity index is 1.44. The second kappa shape index (κ2) is 6.39. The van der Waals surface area contributed by atoms with Crippen molar-refractivity contribution in [2.24, 2.45) is 11.8 Å². The fourth-order valence-corrected chi connectivity index (χ4v) is 4.01. The Morgan fingerprint density at radius 1 is 1.12 bits per heavy atom. The van der Waals surface area contributed by atoms with Crippen LogP contribution in [-0.4, -0.2) is 41.2 Å². The van der Waals surface area contributed by atoms with Gasteiger partial charge in [-0.15, -0.1) is 0 Å². The molecular weight excluding hydrogens is 316 g/mol. The summed E-state index contributed by atoms with van der Waals surface area (Å²) < 4.78 is 5.25. The van der Waals surface area contributed by atoms with Gasteiger partial charge in [0, 0.05) is 32.6 Å². The smallest absolute Gasteiger partial charge is 0.257 e. The van der Waals surface area contributed by atoms with Crippen LogP contribution in [0.5, 0.6) is 0 Å². The van der Waals surface area contributed by atoms with Crippen molar-refractivity contribution >= 4 is 11.8 Å². The van der Waals surface area contributed by atoms with E-state index in [0.717, 1.165) is 12.1 Å². The predicted octanol–water partition coefficient (Wildman–Crippen LogP) is 2.71. The lowest BCUT2D eigenvalue weighted by atomic mass is 9.88. The van der Waals surface area contributed by atoms with Crippen LogP contribution in [0.2, 0.25) is 0 Å². The molecule has 2 saturated heterocycles. The Kier molecular flexibility index (Phi) is 4.07. The first-order valence-electron chi connectivity index (χ1n) is 8.77. The molecule has 2 aliphatic heterocycles. The number of furan rings is 1. The number of fused-ring (bicyclic) bond motifs is 1. The fraction of sp³-hybridized carbons (Fsp3) is 0.400. The largest absolute Gasteiger partial charge is 0.469 e. The van der Waals surface area contributed by atoms with E-state index < -0.39 is 0 Å². The topological polar surface area (TPSA) is 53.8 Å². The number of carbonyl (C=O) groups excluding carboxylic acids is 2. The highest BCUT2D eigenvalue weighted by atomic mass is 16.3. The third-order valence-electron chi connectivity index (χ3n) is 5.41. The maximum Gasteiger partial charge on any atom is 0.257 e. The van der Waals surface area contributed by atoms with Crippen LogP contribution in [0.3, 0.4) is 0 Å². The van der Waals surface area contributed by atoms with Gasteiger partial charge in [-0.1, -0.05) is 30.3 Å². The number of likely N-dealkylation sites (tertiary alicyclic amines) is 2. The summed E-state index contributed by atoms with van der Waals surface area (Å²) >= 11 is 0. The number of aryl methyl sites for hydroxylation is 1. The average Bonchev–Trinajstić information content (AvgIpc) is 3.21. The molecule has 0 spiro atoms. The number of hydrogen-bond donors (Lipinski definition) is 0. The lowest BCUT2D eigenvalue weighted by Crippen LogP contribution is -2.43. The number of rotatable bonds is 3. The van der Waals surface area contributed by atoms with E-state index in [2.05, 4.69) is 0 Å². The lowest BCUT2D eigenvalue weighted by Gasteiger charge is -2.34. The number of piperidine rings is 1. The van der Waals surface area contributed by atoms with E-state index in [9.17, 15) is 9.59 Å². The van der Waals surface area contributed by atoms with Gasteiger partial charge >= 0.3 is 0 Å². The number of amides is 2. The van der Waals surface area contributed by atoms with E-state index in [1.54, 1.807) is 12.3 Å². The Hall–Kier alpha value is -2.56. The van der Waals surface area contributed by atoms with E-state index in [0.29, 0.717) is 43.3 Å². The SMILES string of the molecule is Cc1occc1C(=O)N1C[C@H]2CN(Cc3ccccc3)C(=O)C[C@H]2C1. The lowest BCUT2D eigenvalue weighted by molar-refractivity contribution is -0.136. The zero-order chi connectivity index (χ0) is 17.4. The predicted molar refractivity (Wildman–Crippen MR) is 92.8 cm³/mol. The summed E-state index contributed by atoms with van der Waals surface area (Å²) in [6.07, 6.45) is 2.09. The molecule has 2 atom stereocenters. The second-order valence-corrected chi connectivity index (χ2v) is 7.08. The normalized spacial score (nSPS) is 23.0. The first-order valence-corrected chi connectivity index (χ1v) is 8.77. The molecule has 130 valence electrons. The molecule has 0 unspecified atom stereocenters. The highest BCUT2D eigenvalue weighted by Gasteiger charge is 2.42. The maximum absolute atomic E-state index is 12.7. The van der Waals surface area contributed by atoms with E-state index >= 15 is 0 Å². The Morgan fingerprint density at radius 2 is 1.88 bits per heavy atom. The zero-order valence-corrected chi connectivity index (χ0v) is 14.4. The van der Waals surface area contributed by atoms with Crippen molar-refractivity contribution in [1.29, 1.82) is 0 Å². The van der Waals surface area contributed by atoms with Crippen molar-refractivity contribution in [2.45, 2.75) is 19.9 Å². The van der Waals surface area contributed by atoms with Gasteiger partial charge in [0.05, 0.1) is 11.8 Å². The van der Waals surface area contributed by atoms with Crippen LogP contribution in [0.1, 0.15) is 28.1 Å². The molecule has 0 bridgehead atoms. The van der Waals surface area contributed by atoms with E-state index in [1.807, 2.05) is 47.1 Å². The highest BCUT2D eigenvalue weighted by molar-refractivity contribution is 5.95. The molecule has 5 nitrogen and oxygen atoms in total. The summed E-state index contributed by atoms with van der Waals surface area (Å²) in [5.41, 5.74) is 1.78. The zero-order valence-electron chi connectivity index (χ0n) is 14.4. The summed E-state index contributed by atoms with van der Waals surface area (Å²) in [5.74, 6) is 1.50. The van der Waals surface area contributed by atoms with Gasteiger partial charge in [-0.3, -0.25) is 9.59 Å². The minimum atomic E-state index is 0.0164. The van der Waals surface area contributed by atoms with Gasteiger partial charge in [-0.2, -0.15) is 0 Å². The third kappa shape index (κ3) is 3.06. The Bertz CT molecular complexity index is 783. The Labute approximate surface area is 147 Å². The van der Waals surface area contributed by atoms with Crippen LogP contribution >= 0.6 is 0 Å². The maximum atomic E-state index is 12.7. The molecule has 0 saturated carbocycles. The monoisotopic (exact) mass is 338 g/mol. The van der Waals surface area contributed by atoms with Gasteiger partial charge in [0.25, 0.3) is 5.91 Å². The van der Waals surface area contributed by atoms with E-state index in [1.165, 1.54) is 0 Å². The number of benzene rings is 1. The fourth-order valence-electron chi connectivity index (χ4n) is 4.01. The number of carbonyl (C=O) groups is 2. The summed E-state index contributed by atoms with van der Waals surface area (Å²) in [7, 11) is 0. The van der Waals surface area contributed by atoms with Gasteiger partial charge in [-0.05, 0) is 30.4 Å². The molecule has 3 heterocycles. The molecule has 2 amide bonds. The van der Waals surface area contributed by atoms with Crippen LogP contribution in [0.25, 0.3) is 0 Å². The van der Waals surface area contributed by atoms with Gasteiger partial charge in [0.1, 0.15) is 5.76 Å². The summed E-state index contributed by atoms with van der Waals surface area (Å²) in [6, 6.07) is 11.8. The first kappa shape index (κ1) is 15.9. The first-order chi connectivity index (χ1) is 12.1. The molecule has 0 aliphatic carbocycles. The highest BCUT2D eigenvalue weighted by Crippen LogP contribution is 2.33. The van der Waals surface area contributed by atoms with Crippen LogP contribution < -0.4 is 0 Å². The molecule has 5 heteroatoms. The molecule has 2 fully saturated rings. The van der Waals surface area contributed by atoms with Gasteiger partial charge in [0.2, 0.25) is 5.91 Å². The van der Waals surface area contributed by atoms with Crippen molar-refractivity contribution in [3.05, 3.63) is 59.5 Å². The molecule has 4 rings (SSSR count). The van der Waals surface area contributed by atoms with Crippen molar-refractivity contribution < 1.29 is 14.0 Å². The van der Waals surface area contributed by atoms with Gasteiger partial charge in [0.15, 0.2) is 0 Å². The molecule has 1 aromatic carbocycles. The molecule has 25 heavy (non-hydrogen) atoms. The van der Waals surface area contributed by atoms with E-state index in [4.69, 9.17) is 4.42 Å². The van der Waals surface area contributed by atoms with Crippen LogP contribution in [0.15, 0.2) is 47.1 Å². The minimum Gasteiger partial charge on any atom is -0.469 e. The number of nitrogens with zero attached hydrogens (tertiary/aromatic N) is 2. The van der Waals surface area contributed by atoms with Crippen LogP contribution in [0.4, 0.5) is 0 Å². The molecule has 0 N–H and O–H groups in total. The minimum absolute atomic E-state index is 0.0164. The van der Waals surface area contributed by atoms with Gasteiger partial charge < -0.3 is 14.2 Å². The molecule has 2 aromatic rings. The molecule has 2 aliphatic rings.